The second-order valence-electron chi connectivity index (χ2n) is 10.3. The quantitative estimate of drug-likeness (QED) is 0.371. The topological polar surface area (TPSA) is 95.0 Å². The SMILES string of the molecule is CC[C@@H]([C@@H](C)N(C)S(=O)(=O)CC)N1C(=O)[C@@](C)(CC(=O)O)C[C@H](c2cccc(Cl)c2)[C@H]1c1ccc(Cl)cc1. The summed E-state index contributed by atoms with van der Waals surface area (Å²) in [6, 6.07) is 13.1. The molecule has 1 N–H and O–H groups in total. The minimum Gasteiger partial charge on any atom is -0.481 e. The number of hydrogen-bond acceptors (Lipinski definition) is 4. The number of benzene rings is 2. The van der Waals surface area contributed by atoms with Gasteiger partial charge in [-0.1, -0.05) is 61.3 Å². The van der Waals surface area contributed by atoms with Crippen LogP contribution in [0.3, 0.4) is 0 Å². The molecule has 0 unspecified atom stereocenters. The second-order valence-corrected chi connectivity index (χ2v) is 13.5. The summed E-state index contributed by atoms with van der Waals surface area (Å²) in [6.45, 7) is 6.99. The fourth-order valence-corrected chi connectivity index (χ4v) is 7.09. The highest BCUT2D eigenvalue weighted by atomic mass is 35.5. The Labute approximate surface area is 235 Å². The van der Waals surface area contributed by atoms with Crippen LogP contribution in [0.4, 0.5) is 0 Å². The van der Waals surface area contributed by atoms with Gasteiger partial charge in [0, 0.05) is 35.1 Å². The maximum absolute atomic E-state index is 14.4. The molecule has 3 rings (SSSR count). The maximum Gasteiger partial charge on any atom is 0.304 e. The number of carbonyl (C=O) groups excluding carboxylic acids is 1. The van der Waals surface area contributed by atoms with Crippen LogP contribution in [0, 0.1) is 5.41 Å². The molecule has 0 radical (unpaired) electrons. The largest absolute Gasteiger partial charge is 0.481 e. The van der Waals surface area contributed by atoms with Crippen LogP contribution in [-0.4, -0.2) is 59.5 Å². The lowest BCUT2D eigenvalue weighted by Gasteiger charge is -2.53. The number of carboxylic acids is 1. The molecule has 0 saturated carbocycles. The summed E-state index contributed by atoms with van der Waals surface area (Å²) >= 11 is 12.6. The Morgan fingerprint density at radius 2 is 1.76 bits per heavy atom. The molecule has 1 aliphatic rings. The molecule has 0 bridgehead atoms. The van der Waals surface area contributed by atoms with Gasteiger partial charge in [-0.25, -0.2) is 12.7 Å². The van der Waals surface area contributed by atoms with Gasteiger partial charge in [-0.05, 0) is 62.1 Å². The molecular weight excluding hydrogens is 547 g/mol. The lowest BCUT2D eigenvalue weighted by atomic mass is 9.66. The molecule has 1 aliphatic heterocycles. The van der Waals surface area contributed by atoms with E-state index in [0.29, 0.717) is 16.5 Å². The van der Waals surface area contributed by atoms with Crippen LogP contribution in [0.2, 0.25) is 10.0 Å². The van der Waals surface area contributed by atoms with Gasteiger partial charge in [0.2, 0.25) is 15.9 Å². The van der Waals surface area contributed by atoms with Crippen molar-refractivity contribution in [3.8, 4) is 0 Å². The van der Waals surface area contributed by atoms with Crippen LogP contribution >= 0.6 is 23.2 Å². The molecule has 38 heavy (non-hydrogen) atoms. The van der Waals surface area contributed by atoms with Gasteiger partial charge in [-0.15, -0.1) is 0 Å². The number of carbonyl (C=O) groups is 2. The Bertz CT molecular complexity index is 1270. The summed E-state index contributed by atoms with van der Waals surface area (Å²) < 4.78 is 27.0. The van der Waals surface area contributed by atoms with Crippen LogP contribution < -0.4 is 0 Å². The minimum absolute atomic E-state index is 0.0687. The van der Waals surface area contributed by atoms with Gasteiger partial charge in [0.1, 0.15) is 0 Å². The summed E-state index contributed by atoms with van der Waals surface area (Å²) in [4.78, 5) is 28.1. The molecule has 10 heteroatoms. The molecule has 2 aromatic rings. The first-order chi connectivity index (χ1) is 17.8. The summed E-state index contributed by atoms with van der Waals surface area (Å²) in [5.41, 5.74) is 0.497. The summed E-state index contributed by atoms with van der Waals surface area (Å²) in [5.74, 6) is -1.74. The summed E-state index contributed by atoms with van der Waals surface area (Å²) in [6.07, 6.45) is 0.406. The zero-order chi connectivity index (χ0) is 28.4. The number of nitrogens with zero attached hydrogens (tertiary/aromatic N) is 2. The number of rotatable bonds is 10. The zero-order valence-electron chi connectivity index (χ0n) is 22.4. The average molecular weight is 584 g/mol. The highest BCUT2D eigenvalue weighted by molar-refractivity contribution is 7.89. The van der Waals surface area contributed by atoms with Crippen molar-refractivity contribution in [3.05, 3.63) is 69.7 Å². The van der Waals surface area contributed by atoms with Gasteiger partial charge in [-0.3, -0.25) is 9.59 Å². The normalized spacial score (nSPS) is 23.9. The molecule has 0 spiro atoms. The third kappa shape index (κ3) is 6.19. The molecule has 7 nitrogen and oxygen atoms in total. The van der Waals surface area contributed by atoms with Crippen molar-refractivity contribution in [3.63, 3.8) is 0 Å². The van der Waals surface area contributed by atoms with Crippen LogP contribution in [0.15, 0.2) is 48.5 Å². The molecule has 1 fully saturated rings. The maximum atomic E-state index is 14.4. The Balaban J connectivity index is 2.28. The van der Waals surface area contributed by atoms with Crippen LogP contribution in [0.5, 0.6) is 0 Å². The van der Waals surface area contributed by atoms with Crippen molar-refractivity contribution in [2.24, 2.45) is 5.41 Å². The van der Waals surface area contributed by atoms with E-state index < -0.39 is 39.5 Å². The van der Waals surface area contributed by atoms with Crippen molar-refractivity contribution in [1.82, 2.24) is 9.21 Å². The second kappa shape index (κ2) is 11.9. The van der Waals surface area contributed by atoms with Gasteiger partial charge in [0.25, 0.3) is 0 Å². The van der Waals surface area contributed by atoms with E-state index in [-0.39, 0.29) is 30.4 Å². The van der Waals surface area contributed by atoms with E-state index >= 15 is 0 Å². The lowest BCUT2D eigenvalue weighted by Crippen LogP contribution is -2.60. The molecule has 0 aromatic heterocycles. The number of carboxylic acid groups (broad SMARTS) is 1. The van der Waals surface area contributed by atoms with Gasteiger partial charge >= 0.3 is 5.97 Å². The van der Waals surface area contributed by atoms with Gasteiger partial charge in [0.15, 0.2) is 0 Å². The summed E-state index contributed by atoms with van der Waals surface area (Å²) in [5, 5.41) is 10.9. The van der Waals surface area contributed by atoms with Gasteiger partial charge < -0.3 is 10.0 Å². The Hall–Kier alpha value is -2.13. The highest BCUT2D eigenvalue weighted by Gasteiger charge is 2.53. The fraction of sp³-hybridized carbons (Fsp3) is 0.500. The highest BCUT2D eigenvalue weighted by Crippen LogP contribution is 2.52. The smallest absolute Gasteiger partial charge is 0.304 e. The number of halogens is 2. The fourth-order valence-electron chi connectivity index (χ4n) is 5.71. The van der Waals surface area contributed by atoms with Crippen LogP contribution in [-0.2, 0) is 19.6 Å². The number of likely N-dealkylation sites (N-methyl/N-ethyl adjacent to an activating group) is 1. The molecule has 1 saturated heterocycles. The number of aliphatic carboxylic acids is 1. The van der Waals surface area contributed by atoms with E-state index in [4.69, 9.17) is 23.2 Å². The number of sulfonamides is 1. The van der Waals surface area contributed by atoms with E-state index in [1.54, 1.807) is 43.9 Å². The monoisotopic (exact) mass is 582 g/mol. The molecule has 0 aliphatic carbocycles. The average Bonchev–Trinajstić information content (AvgIpc) is 2.86. The minimum atomic E-state index is -3.55. The van der Waals surface area contributed by atoms with E-state index in [1.807, 2.05) is 37.3 Å². The first-order valence-corrected chi connectivity index (χ1v) is 15.1. The molecule has 208 valence electrons. The van der Waals surface area contributed by atoms with Crippen molar-refractivity contribution in [1.29, 1.82) is 0 Å². The van der Waals surface area contributed by atoms with E-state index in [0.717, 1.165) is 11.1 Å². The van der Waals surface area contributed by atoms with Crippen LogP contribution in [0.1, 0.15) is 70.0 Å². The Morgan fingerprint density at radius 3 is 2.29 bits per heavy atom. The van der Waals surface area contributed by atoms with Crippen molar-refractivity contribution in [2.45, 2.75) is 71.0 Å². The number of piperidine rings is 1. The third-order valence-corrected chi connectivity index (χ3v) is 10.3. The van der Waals surface area contributed by atoms with E-state index in [2.05, 4.69) is 0 Å². The summed E-state index contributed by atoms with van der Waals surface area (Å²) in [7, 11) is -2.02. The molecule has 2 aromatic carbocycles. The van der Waals surface area contributed by atoms with E-state index in [9.17, 15) is 23.1 Å². The zero-order valence-corrected chi connectivity index (χ0v) is 24.7. The van der Waals surface area contributed by atoms with Crippen LogP contribution in [0.25, 0.3) is 0 Å². The first-order valence-electron chi connectivity index (χ1n) is 12.8. The number of likely N-dealkylation sites (tertiary alicyclic amines) is 1. The number of hydrogen-bond donors (Lipinski definition) is 1. The Morgan fingerprint density at radius 1 is 1.13 bits per heavy atom. The van der Waals surface area contributed by atoms with Gasteiger partial charge in [-0.2, -0.15) is 0 Å². The molecule has 1 amide bonds. The molecule has 5 atom stereocenters. The first kappa shape index (κ1) is 30.4. The predicted octanol–water partition coefficient (Wildman–Crippen LogP) is 5.98. The lowest BCUT2D eigenvalue weighted by molar-refractivity contribution is -0.161. The molecular formula is C28H36Cl2N2O5S. The molecule has 1 heterocycles. The van der Waals surface area contributed by atoms with Gasteiger partial charge in [0.05, 0.1) is 23.6 Å². The predicted molar refractivity (Wildman–Crippen MR) is 151 cm³/mol. The van der Waals surface area contributed by atoms with Crippen molar-refractivity contribution in [2.75, 3.05) is 12.8 Å². The van der Waals surface area contributed by atoms with Crippen molar-refractivity contribution < 1.29 is 23.1 Å². The third-order valence-electron chi connectivity index (χ3n) is 7.84. The standard InChI is InChI=1S/C28H36Cl2N2O5S/c1-6-24(18(3)31(5)38(36,37)7-2)32-26(19-11-13-21(29)14-12-19)23(20-9-8-10-22(30)15-20)16-28(4,27(32)35)17-25(33)34/h8-15,18,23-24,26H,6-7,16-17H2,1-5H3,(H,33,34)/t18-,23-,24+,26-,28-/m1/s1. The number of amides is 1. The Kier molecular flexibility index (Phi) is 9.56. The van der Waals surface area contributed by atoms with Crippen molar-refractivity contribution >= 4 is 45.1 Å². The van der Waals surface area contributed by atoms with E-state index in [1.165, 1.54) is 11.4 Å².